The number of halogens is 1. The van der Waals surface area contributed by atoms with Gasteiger partial charge in [-0.05, 0) is 30.7 Å². The number of fused-ring (bicyclic) bond motifs is 1. The summed E-state index contributed by atoms with van der Waals surface area (Å²) in [7, 11) is 0. The molecule has 0 radical (unpaired) electrons. The molecular weight excluding hydrogens is 308 g/mol. The molecule has 2 aromatic carbocycles. The van der Waals surface area contributed by atoms with E-state index < -0.39 is 0 Å². The molecule has 0 aliphatic rings. The van der Waals surface area contributed by atoms with Crippen molar-refractivity contribution in [1.29, 1.82) is 0 Å². The Morgan fingerprint density at radius 1 is 1.17 bits per heavy atom. The standard InChI is InChI=1S/C19H13ClN2O/c1-12-2-3-13(11-23)8-14(12)5-7-17-18-9-16(20)6-4-15(18)10-22-19(17)21/h2-4,6,8-11H,1H3,(H2,21,22). The summed E-state index contributed by atoms with van der Waals surface area (Å²) in [5, 5.41) is 2.40. The van der Waals surface area contributed by atoms with Crippen LogP contribution in [0.2, 0.25) is 5.02 Å². The molecule has 112 valence electrons. The van der Waals surface area contributed by atoms with Gasteiger partial charge in [0.25, 0.3) is 0 Å². The number of nitrogens with two attached hydrogens (primary N) is 1. The van der Waals surface area contributed by atoms with E-state index in [2.05, 4.69) is 16.8 Å². The minimum atomic E-state index is 0.358. The van der Waals surface area contributed by atoms with Crippen molar-refractivity contribution in [2.24, 2.45) is 0 Å². The highest BCUT2D eigenvalue weighted by molar-refractivity contribution is 6.31. The first-order valence-corrected chi connectivity index (χ1v) is 7.38. The maximum Gasteiger partial charge on any atom is 0.150 e. The number of carbonyl (C=O) groups excluding carboxylic acids is 1. The van der Waals surface area contributed by atoms with Crippen molar-refractivity contribution in [2.75, 3.05) is 5.73 Å². The molecule has 1 aromatic heterocycles. The molecule has 0 aliphatic carbocycles. The predicted molar refractivity (Wildman–Crippen MR) is 93.7 cm³/mol. The van der Waals surface area contributed by atoms with Crippen LogP contribution in [0.3, 0.4) is 0 Å². The molecule has 0 aliphatic heterocycles. The molecule has 2 N–H and O–H groups in total. The van der Waals surface area contributed by atoms with E-state index in [0.29, 0.717) is 22.0 Å². The van der Waals surface area contributed by atoms with E-state index in [4.69, 9.17) is 17.3 Å². The van der Waals surface area contributed by atoms with Crippen molar-refractivity contribution >= 4 is 34.5 Å². The van der Waals surface area contributed by atoms with E-state index in [0.717, 1.165) is 28.2 Å². The van der Waals surface area contributed by atoms with Crippen LogP contribution in [0.1, 0.15) is 27.0 Å². The number of rotatable bonds is 1. The first-order valence-electron chi connectivity index (χ1n) is 7.00. The average Bonchev–Trinajstić information content (AvgIpc) is 2.55. The van der Waals surface area contributed by atoms with Gasteiger partial charge in [-0.2, -0.15) is 0 Å². The molecule has 3 aromatic rings. The second-order valence-corrected chi connectivity index (χ2v) is 5.63. The summed E-state index contributed by atoms with van der Waals surface area (Å²) in [5.41, 5.74) is 8.99. The van der Waals surface area contributed by atoms with E-state index in [1.807, 2.05) is 25.1 Å². The number of nitrogen functional groups attached to an aromatic ring is 1. The zero-order chi connectivity index (χ0) is 16.4. The van der Waals surface area contributed by atoms with E-state index in [-0.39, 0.29) is 0 Å². The summed E-state index contributed by atoms with van der Waals surface area (Å²) in [6, 6.07) is 10.9. The van der Waals surface area contributed by atoms with Crippen molar-refractivity contribution in [3.05, 3.63) is 69.9 Å². The molecular formula is C19H13ClN2O. The van der Waals surface area contributed by atoms with Crippen molar-refractivity contribution in [1.82, 2.24) is 4.98 Å². The Morgan fingerprint density at radius 3 is 2.78 bits per heavy atom. The number of anilines is 1. The lowest BCUT2D eigenvalue weighted by atomic mass is 10.0. The van der Waals surface area contributed by atoms with Gasteiger partial charge in [0.05, 0.1) is 5.56 Å². The SMILES string of the molecule is Cc1ccc(C=O)cc1C#Cc1c(N)ncc2ccc(Cl)cc12. The third-order valence-corrected chi connectivity index (χ3v) is 3.84. The molecule has 0 bridgehead atoms. The smallest absolute Gasteiger partial charge is 0.150 e. The van der Waals surface area contributed by atoms with Gasteiger partial charge in [-0.25, -0.2) is 4.98 Å². The number of nitrogens with zero attached hydrogens (tertiary/aromatic N) is 1. The monoisotopic (exact) mass is 320 g/mol. The Hall–Kier alpha value is -2.83. The largest absolute Gasteiger partial charge is 0.383 e. The Labute approximate surface area is 139 Å². The molecule has 0 saturated heterocycles. The highest BCUT2D eigenvalue weighted by atomic mass is 35.5. The summed E-state index contributed by atoms with van der Waals surface area (Å²) < 4.78 is 0. The van der Waals surface area contributed by atoms with Crippen LogP contribution in [0.15, 0.2) is 42.6 Å². The summed E-state index contributed by atoms with van der Waals surface area (Å²) >= 11 is 6.08. The van der Waals surface area contributed by atoms with E-state index >= 15 is 0 Å². The van der Waals surface area contributed by atoms with E-state index in [9.17, 15) is 4.79 Å². The normalized spacial score (nSPS) is 10.2. The van der Waals surface area contributed by atoms with Crippen LogP contribution in [0.5, 0.6) is 0 Å². The molecule has 0 fully saturated rings. The Kier molecular flexibility index (Phi) is 4.01. The van der Waals surface area contributed by atoms with Crippen LogP contribution in [0.4, 0.5) is 5.82 Å². The first-order chi connectivity index (χ1) is 11.1. The zero-order valence-electron chi connectivity index (χ0n) is 12.4. The zero-order valence-corrected chi connectivity index (χ0v) is 13.2. The minimum Gasteiger partial charge on any atom is -0.383 e. The molecule has 3 nitrogen and oxygen atoms in total. The number of carbonyl (C=O) groups is 1. The Balaban J connectivity index is 2.18. The molecule has 0 spiro atoms. The van der Waals surface area contributed by atoms with Gasteiger partial charge >= 0.3 is 0 Å². The number of aromatic nitrogens is 1. The lowest BCUT2D eigenvalue weighted by molar-refractivity contribution is 0.112. The second kappa shape index (κ2) is 6.12. The average molecular weight is 321 g/mol. The molecule has 0 amide bonds. The molecule has 3 rings (SSSR count). The Bertz CT molecular complexity index is 979. The fraction of sp³-hybridized carbons (Fsp3) is 0.0526. The molecule has 0 atom stereocenters. The first kappa shape index (κ1) is 15.1. The van der Waals surface area contributed by atoms with Gasteiger partial charge in [-0.3, -0.25) is 4.79 Å². The predicted octanol–water partition coefficient (Wildman–Crippen LogP) is 3.99. The number of hydrogen-bond donors (Lipinski definition) is 1. The van der Waals surface area contributed by atoms with Crippen molar-refractivity contribution < 1.29 is 4.79 Å². The van der Waals surface area contributed by atoms with Gasteiger partial charge in [0, 0.05) is 33.1 Å². The number of aryl methyl sites for hydroxylation is 1. The molecule has 23 heavy (non-hydrogen) atoms. The number of hydrogen-bond acceptors (Lipinski definition) is 3. The molecule has 0 saturated carbocycles. The van der Waals surface area contributed by atoms with Crippen molar-refractivity contribution in [2.45, 2.75) is 6.92 Å². The van der Waals surface area contributed by atoms with Gasteiger partial charge in [-0.1, -0.05) is 41.6 Å². The number of pyridine rings is 1. The highest BCUT2D eigenvalue weighted by Crippen LogP contribution is 2.25. The molecule has 4 heteroatoms. The van der Waals surface area contributed by atoms with Crippen molar-refractivity contribution in [3.8, 4) is 11.8 Å². The molecule has 0 unspecified atom stereocenters. The topological polar surface area (TPSA) is 56.0 Å². The lowest BCUT2D eigenvalue weighted by Gasteiger charge is -2.04. The summed E-state index contributed by atoms with van der Waals surface area (Å²) in [5.74, 6) is 6.52. The van der Waals surface area contributed by atoms with Crippen LogP contribution >= 0.6 is 11.6 Å². The van der Waals surface area contributed by atoms with Crippen LogP contribution in [0, 0.1) is 18.8 Å². The van der Waals surface area contributed by atoms with E-state index in [1.165, 1.54) is 0 Å². The number of aldehydes is 1. The summed E-state index contributed by atoms with van der Waals surface area (Å²) in [6.45, 7) is 1.94. The third kappa shape index (κ3) is 3.03. The Morgan fingerprint density at radius 2 is 2.00 bits per heavy atom. The lowest BCUT2D eigenvalue weighted by Crippen LogP contribution is -1.96. The molecule has 1 heterocycles. The summed E-state index contributed by atoms with van der Waals surface area (Å²) in [6.07, 6.45) is 2.50. The van der Waals surface area contributed by atoms with Gasteiger partial charge in [-0.15, -0.1) is 0 Å². The van der Waals surface area contributed by atoms with Gasteiger partial charge in [0.2, 0.25) is 0 Å². The highest BCUT2D eigenvalue weighted by Gasteiger charge is 2.05. The third-order valence-electron chi connectivity index (χ3n) is 3.60. The fourth-order valence-electron chi connectivity index (χ4n) is 2.31. The van der Waals surface area contributed by atoms with Gasteiger partial charge in [0.1, 0.15) is 12.1 Å². The maximum absolute atomic E-state index is 10.9. The quantitative estimate of drug-likeness (QED) is 0.545. The number of benzene rings is 2. The van der Waals surface area contributed by atoms with Crippen LogP contribution in [0.25, 0.3) is 10.8 Å². The van der Waals surface area contributed by atoms with E-state index in [1.54, 1.807) is 24.4 Å². The van der Waals surface area contributed by atoms with Crippen LogP contribution < -0.4 is 5.73 Å². The van der Waals surface area contributed by atoms with Gasteiger partial charge < -0.3 is 5.73 Å². The van der Waals surface area contributed by atoms with Crippen LogP contribution in [-0.2, 0) is 0 Å². The fourth-order valence-corrected chi connectivity index (χ4v) is 2.48. The van der Waals surface area contributed by atoms with Crippen LogP contribution in [-0.4, -0.2) is 11.3 Å². The second-order valence-electron chi connectivity index (χ2n) is 5.19. The van der Waals surface area contributed by atoms with Crippen molar-refractivity contribution in [3.63, 3.8) is 0 Å². The minimum absolute atomic E-state index is 0.358. The maximum atomic E-state index is 10.9. The summed E-state index contributed by atoms with van der Waals surface area (Å²) in [4.78, 5) is 15.1. The van der Waals surface area contributed by atoms with Gasteiger partial charge in [0.15, 0.2) is 0 Å².